The third kappa shape index (κ3) is 3.96. The summed E-state index contributed by atoms with van der Waals surface area (Å²) in [7, 11) is 0. The highest BCUT2D eigenvalue weighted by atomic mass is 16.3. The molecule has 1 aromatic rings. The van der Waals surface area contributed by atoms with E-state index in [1.807, 2.05) is 13.0 Å². The second-order valence-corrected chi connectivity index (χ2v) is 6.98. The van der Waals surface area contributed by atoms with E-state index in [1.165, 1.54) is 12.8 Å². The van der Waals surface area contributed by atoms with Gasteiger partial charge in [-0.05, 0) is 44.7 Å². The minimum absolute atomic E-state index is 0.433. The van der Waals surface area contributed by atoms with Crippen LogP contribution in [0, 0.1) is 6.92 Å². The first-order chi connectivity index (χ1) is 10.6. The highest BCUT2D eigenvalue weighted by Crippen LogP contribution is 2.27. The monoisotopic (exact) mass is 304 g/mol. The number of aryl methyl sites for hydroxylation is 1. The Balaban J connectivity index is 1.53. The highest BCUT2D eigenvalue weighted by Gasteiger charge is 2.30. The maximum atomic E-state index is 10.6. The lowest BCUT2D eigenvalue weighted by Gasteiger charge is -2.37. The maximum Gasteiger partial charge on any atom is 0.151 e. The molecule has 1 aliphatic heterocycles. The first kappa shape index (κ1) is 15.7. The van der Waals surface area contributed by atoms with E-state index in [2.05, 4.69) is 26.5 Å². The molecule has 5 heteroatoms. The van der Waals surface area contributed by atoms with Crippen LogP contribution >= 0.6 is 0 Å². The largest absolute Gasteiger partial charge is 0.389 e. The number of rotatable bonds is 4. The highest BCUT2D eigenvalue weighted by molar-refractivity contribution is 5.38. The molecule has 0 unspecified atom stereocenters. The van der Waals surface area contributed by atoms with Crippen molar-refractivity contribution < 1.29 is 5.11 Å². The number of piperidine rings is 1. The molecule has 0 spiro atoms. The third-order valence-electron chi connectivity index (χ3n) is 5.03. The van der Waals surface area contributed by atoms with Gasteiger partial charge in [-0.3, -0.25) is 0 Å². The summed E-state index contributed by atoms with van der Waals surface area (Å²) in [5.74, 6) is 0.966. The van der Waals surface area contributed by atoms with Crippen molar-refractivity contribution in [2.45, 2.75) is 63.5 Å². The fourth-order valence-electron chi connectivity index (χ4n) is 3.63. The number of aromatic nitrogens is 2. The summed E-state index contributed by atoms with van der Waals surface area (Å²) in [5.41, 5.74) is 0.472. The topological polar surface area (TPSA) is 61.3 Å². The Kier molecular flexibility index (Phi) is 4.93. The van der Waals surface area contributed by atoms with Gasteiger partial charge < -0.3 is 15.3 Å². The second kappa shape index (κ2) is 6.92. The van der Waals surface area contributed by atoms with E-state index in [9.17, 15) is 5.11 Å². The van der Waals surface area contributed by atoms with Crippen LogP contribution < -0.4 is 10.2 Å². The first-order valence-corrected chi connectivity index (χ1v) is 8.66. The molecular formula is C17H28N4O. The number of hydrogen-bond acceptors (Lipinski definition) is 5. The lowest BCUT2D eigenvalue weighted by atomic mass is 9.84. The van der Waals surface area contributed by atoms with E-state index in [0.29, 0.717) is 6.04 Å². The van der Waals surface area contributed by atoms with E-state index < -0.39 is 5.60 Å². The Labute approximate surface area is 133 Å². The summed E-state index contributed by atoms with van der Waals surface area (Å²) < 4.78 is 0. The smallest absolute Gasteiger partial charge is 0.151 e. The van der Waals surface area contributed by atoms with Gasteiger partial charge in [-0.1, -0.05) is 19.3 Å². The Hall–Kier alpha value is -1.20. The van der Waals surface area contributed by atoms with Gasteiger partial charge in [0.1, 0.15) is 0 Å². The molecule has 2 fully saturated rings. The molecule has 1 aliphatic carbocycles. The summed E-state index contributed by atoms with van der Waals surface area (Å²) >= 11 is 0. The van der Waals surface area contributed by atoms with Crippen molar-refractivity contribution in [2.75, 3.05) is 24.5 Å². The van der Waals surface area contributed by atoms with Crippen LogP contribution in [0.1, 0.15) is 50.6 Å². The molecule has 0 amide bonds. The first-order valence-electron chi connectivity index (χ1n) is 8.66. The van der Waals surface area contributed by atoms with Crippen molar-refractivity contribution >= 4 is 5.82 Å². The Morgan fingerprint density at radius 3 is 2.77 bits per heavy atom. The molecule has 0 bridgehead atoms. The molecule has 1 saturated heterocycles. The van der Waals surface area contributed by atoms with E-state index >= 15 is 0 Å². The fourth-order valence-corrected chi connectivity index (χ4v) is 3.63. The minimum atomic E-state index is -0.482. The van der Waals surface area contributed by atoms with Crippen LogP contribution in [0.2, 0.25) is 0 Å². The predicted octanol–water partition coefficient (Wildman–Crippen LogP) is 2.04. The summed E-state index contributed by atoms with van der Waals surface area (Å²) in [6, 6.07) is 4.51. The molecule has 2 heterocycles. The van der Waals surface area contributed by atoms with Gasteiger partial charge in [0, 0.05) is 25.7 Å². The number of nitrogens with zero attached hydrogens (tertiary/aromatic N) is 3. The zero-order valence-corrected chi connectivity index (χ0v) is 13.6. The molecule has 1 atom stereocenters. The van der Waals surface area contributed by atoms with Crippen molar-refractivity contribution in [1.29, 1.82) is 0 Å². The molecule has 0 radical (unpaired) electrons. The summed E-state index contributed by atoms with van der Waals surface area (Å²) in [5, 5.41) is 22.7. The minimum Gasteiger partial charge on any atom is -0.389 e. The Morgan fingerprint density at radius 2 is 2.05 bits per heavy atom. The van der Waals surface area contributed by atoms with E-state index in [0.717, 1.165) is 63.3 Å². The van der Waals surface area contributed by atoms with Crippen LogP contribution in [0.15, 0.2) is 12.1 Å². The normalized spacial score (nSPS) is 25.2. The molecule has 1 aromatic heterocycles. The van der Waals surface area contributed by atoms with Gasteiger partial charge in [0.05, 0.1) is 11.3 Å². The van der Waals surface area contributed by atoms with Gasteiger partial charge in [-0.15, -0.1) is 5.10 Å². The fraction of sp³-hybridized carbons (Fsp3) is 0.765. The van der Waals surface area contributed by atoms with Crippen molar-refractivity contribution in [2.24, 2.45) is 0 Å². The Morgan fingerprint density at radius 1 is 1.23 bits per heavy atom. The lowest BCUT2D eigenvalue weighted by molar-refractivity contribution is 0.00231. The number of hydrogen-bond donors (Lipinski definition) is 2. The van der Waals surface area contributed by atoms with E-state index in [-0.39, 0.29) is 0 Å². The van der Waals surface area contributed by atoms with Crippen molar-refractivity contribution in [3.8, 4) is 0 Å². The third-order valence-corrected chi connectivity index (χ3v) is 5.03. The summed E-state index contributed by atoms with van der Waals surface area (Å²) in [6.45, 7) is 4.68. The zero-order chi connectivity index (χ0) is 15.4. The van der Waals surface area contributed by atoms with Crippen LogP contribution in [-0.4, -0.2) is 46.6 Å². The quantitative estimate of drug-likeness (QED) is 0.891. The molecular weight excluding hydrogens is 276 g/mol. The van der Waals surface area contributed by atoms with Crippen molar-refractivity contribution in [3.63, 3.8) is 0 Å². The van der Waals surface area contributed by atoms with Gasteiger partial charge >= 0.3 is 0 Å². The molecule has 3 rings (SSSR count). The molecule has 2 N–H and O–H groups in total. The summed E-state index contributed by atoms with van der Waals surface area (Å²) in [4.78, 5) is 2.30. The molecule has 2 aliphatic rings. The number of nitrogens with one attached hydrogen (secondary N) is 1. The Bertz CT molecular complexity index is 470. The van der Waals surface area contributed by atoms with Crippen molar-refractivity contribution in [3.05, 3.63) is 17.8 Å². The van der Waals surface area contributed by atoms with Gasteiger partial charge in [-0.25, -0.2) is 0 Å². The molecule has 0 aromatic carbocycles. The standard InChI is InChI=1S/C17H28N4O/c1-14-7-8-16(20-19-14)21-11-5-6-15(12-21)18-13-17(22)9-3-2-4-10-17/h7-8,15,18,22H,2-6,9-13H2,1H3/t15-/m1/s1. The van der Waals surface area contributed by atoms with Crippen molar-refractivity contribution in [1.82, 2.24) is 15.5 Å². The van der Waals surface area contributed by atoms with Crippen LogP contribution in [0.5, 0.6) is 0 Å². The van der Waals surface area contributed by atoms with Gasteiger partial charge in [0.15, 0.2) is 5.82 Å². The molecule has 5 nitrogen and oxygen atoms in total. The maximum absolute atomic E-state index is 10.6. The van der Waals surface area contributed by atoms with Crippen LogP contribution in [0.4, 0.5) is 5.82 Å². The predicted molar refractivity (Wildman–Crippen MR) is 88.0 cm³/mol. The number of anilines is 1. The van der Waals surface area contributed by atoms with Crippen LogP contribution in [-0.2, 0) is 0 Å². The average molecular weight is 304 g/mol. The SMILES string of the molecule is Cc1ccc(N2CCC[C@@H](NCC3(O)CCCCC3)C2)nn1. The number of aliphatic hydroxyl groups is 1. The van der Waals surface area contributed by atoms with Gasteiger partial charge in [0.25, 0.3) is 0 Å². The average Bonchev–Trinajstić information content (AvgIpc) is 2.55. The zero-order valence-electron chi connectivity index (χ0n) is 13.6. The molecule has 22 heavy (non-hydrogen) atoms. The van der Waals surface area contributed by atoms with Gasteiger partial charge in [-0.2, -0.15) is 5.10 Å². The van der Waals surface area contributed by atoms with E-state index in [4.69, 9.17) is 0 Å². The summed E-state index contributed by atoms with van der Waals surface area (Å²) in [6.07, 6.45) is 7.81. The van der Waals surface area contributed by atoms with Crippen LogP contribution in [0.3, 0.4) is 0 Å². The van der Waals surface area contributed by atoms with E-state index in [1.54, 1.807) is 0 Å². The van der Waals surface area contributed by atoms with Gasteiger partial charge in [0.2, 0.25) is 0 Å². The lowest BCUT2D eigenvalue weighted by Crippen LogP contribution is -2.51. The molecule has 122 valence electrons. The second-order valence-electron chi connectivity index (χ2n) is 6.98. The van der Waals surface area contributed by atoms with Crippen LogP contribution in [0.25, 0.3) is 0 Å². The molecule has 1 saturated carbocycles.